The number of benzene rings is 3. The van der Waals surface area contributed by atoms with Crippen LogP contribution in [0.25, 0.3) is 0 Å². The predicted molar refractivity (Wildman–Crippen MR) is 110 cm³/mol. The standard InChI is InChI=1S/C22H18N2OS/c25-21-16-23(19-9-5-2-6-10-19)22(26)24(21)20-13-11-18(12-14-20)15-17-7-3-1-4-8-17/h1-14H,15-16H2. The quantitative estimate of drug-likeness (QED) is 0.645. The topological polar surface area (TPSA) is 23.6 Å². The van der Waals surface area contributed by atoms with Crippen LogP contribution in [-0.2, 0) is 11.2 Å². The molecule has 4 heteroatoms. The summed E-state index contributed by atoms with van der Waals surface area (Å²) in [4.78, 5) is 16.0. The van der Waals surface area contributed by atoms with E-state index < -0.39 is 0 Å². The Labute approximate surface area is 158 Å². The zero-order chi connectivity index (χ0) is 17.9. The minimum absolute atomic E-state index is 0.00494. The molecular weight excluding hydrogens is 340 g/mol. The molecule has 1 aliphatic rings. The molecule has 26 heavy (non-hydrogen) atoms. The molecule has 0 aromatic heterocycles. The van der Waals surface area contributed by atoms with Gasteiger partial charge in [-0.1, -0.05) is 60.7 Å². The third-order valence-corrected chi connectivity index (χ3v) is 4.88. The number of anilines is 2. The second-order valence-corrected chi connectivity index (χ2v) is 6.63. The van der Waals surface area contributed by atoms with Crippen LogP contribution >= 0.6 is 12.2 Å². The van der Waals surface area contributed by atoms with E-state index in [0.717, 1.165) is 17.8 Å². The van der Waals surface area contributed by atoms with Gasteiger partial charge < -0.3 is 4.90 Å². The largest absolute Gasteiger partial charge is 0.309 e. The average Bonchev–Trinajstić information content (AvgIpc) is 2.98. The molecule has 0 saturated carbocycles. The lowest BCUT2D eigenvalue weighted by molar-refractivity contribution is -0.115. The smallest absolute Gasteiger partial charge is 0.253 e. The van der Waals surface area contributed by atoms with Gasteiger partial charge in [0.1, 0.15) is 6.54 Å². The maximum Gasteiger partial charge on any atom is 0.253 e. The molecule has 1 amide bonds. The third kappa shape index (κ3) is 3.24. The molecule has 3 nitrogen and oxygen atoms in total. The van der Waals surface area contributed by atoms with Crippen LogP contribution in [-0.4, -0.2) is 17.6 Å². The lowest BCUT2D eigenvalue weighted by Gasteiger charge is -2.20. The highest BCUT2D eigenvalue weighted by atomic mass is 32.1. The van der Waals surface area contributed by atoms with Crippen LogP contribution < -0.4 is 9.80 Å². The summed E-state index contributed by atoms with van der Waals surface area (Å²) in [6, 6.07) is 28.2. The summed E-state index contributed by atoms with van der Waals surface area (Å²) in [7, 11) is 0. The second kappa shape index (κ2) is 7.10. The van der Waals surface area contributed by atoms with E-state index in [9.17, 15) is 4.79 Å². The first-order valence-electron chi connectivity index (χ1n) is 8.55. The molecule has 128 valence electrons. The number of carbonyl (C=O) groups is 1. The maximum absolute atomic E-state index is 12.5. The number of para-hydroxylation sites is 1. The van der Waals surface area contributed by atoms with E-state index in [-0.39, 0.29) is 12.5 Å². The second-order valence-electron chi connectivity index (χ2n) is 6.26. The van der Waals surface area contributed by atoms with Gasteiger partial charge in [-0.3, -0.25) is 9.69 Å². The number of thiocarbonyl (C=S) groups is 1. The minimum Gasteiger partial charge on any atom is -0.309 e. The Hall–Kier alpha value is -2.98. The van der Waals surface area contributed by atoms with Crippen molar-refractivity contribution in [1.82, 2.24) is 0 Å². The van der Waals surface area contributed by atoms with Gasteiger partial charge in [0.25, 0.3) is 5.91 Å². The molecule has 1 fully saturated rings. The van der Waals surface area contributed by atoms with Crippen LogP contribution in [0.2, 0.25) is 0 Å². The Morgan fingerprint density at radius 3 is 1.96 bits per heavy atom. The SMILES string of the molecule is O=C1CN(c2ccccc2)C(=S)N1c1ccc(Cc2ccccc2)cc1. The molecule has 1 heterocycles. The number of hydrogen-bond acceptors (Lipinski definition) is 2. The fraction of sp³-hybridized carbons (Fsp3) is 0.0909. The molecule has 0 aliphatic carbocycles. The van der Waals surface area contributed by atoms with Crippen molar-refractivity contribution in [3.8, 4) is 0 Å². The van der Waals surface area contributed by atoms with Crippen molar-refractivity contribution in [2.24, 2.45) is 0 Å². The number of rotatable bonds is 4. The summed E-state index contributed by atoms with van der Waals surface area (Å²) < 4.78 is 0. The molecular formula is C22H18N2OS. The number of hydrogen-bond donors (Lipinski definition) is 0. The van der Waals surface area contributed by atoms with Crippen molar-refractivity contribution in [1.29, 1.82) is 0 Å². The summed E-state index contributed by atoms with van der Waals surface area (Å²) in [6.07, 6.45) is 0.871. The van der Waals surface area contributed by atoms with E-state index in [1.807, 2.05) is 65.6 Å². The molecule has 0 radical (unpaired) electrons. The molecule has 0 bridgehead atoms. The maximum atomic E-state index is 12.5. The van der Waals surface area contributed by atoms with E-state index in [0.29, 0.717) is 5.11 Å². The monoisotopic (exact) mass is 358 g/mol. The molecule has 1 saturated heterocycles. The molecule has 1 aliphatic heterocycles. The average molecular weight is 358 g/mol. The fourth-order valence-corrected chi connectivity index (χ4v) is 3.54. The van der Waals surface area contributed by atoms with E-state index in [1.54, 1.807) is 4.90 Å². The Balaban J connectivity index is 1.54. The number of nitrogens with zero attached hydrogens (tertiary/aromatic N) is 2. The summed E-state index contributed by atoms with van der Waals surface area (Å²) in [5, 5.41) is 0.525. The molecule has 0 atom stereocenters. The highest BCUT2D eigenvalue weighted by Gasteiger charge is 2.34. The van der Waals surface area contributed by atoms with Gasteiger partial charge in [-0.25, -0.2) is 0 Å². The van der Waals surface area contributed by atoms with E-state index >= 15 is 0 Å². The normalized spacial score (nSPS) is 14.2. The van der Waals surface area contributed by atoms with Crippen LogP contribution in [0.1, 0.15) is 11.1 Å². The zero-order valence-corrected chi connectivity index (χ0v) is 15.0. The first-order valence-corrected chi connectivity index (χ1v) is 8.95. The van der Waals surface area contributed by atoms with Gasteiger partial charge >= 0.3 is 0 Å². The third-order valence-electron chi connectivity index (χ3n) is 4.48. The Morgan fingerprint density at radius 1 is 0.731 bits per heavy atom. The van der Waals surface area contributed by atoms with Crippen LogP contribution in [0.3, 0.4) is 0 Å². The molecule has 4 rings (SSSR count). The molecule has 0 N–H and O–H groups in total. The predicted octanol–water partition coefficient (Wildman–Crippen LogP) is 4.42. The summed E-state index contributed by atoms with van der Waals surface area (Å²) in [5.41, 5.74) is 4.23. The van der Waals surface area contributed by atoms with Crippen molar-refractivity contribution in [3.05, 3.63) is 96.1 Å². The Morgan fingerprint density at radius 2 is 1.31 bits per heavy atom. The fourth-order valence-electron chi connectivity index (χ4n) is 3.16. The first kappa shape index (κ1) is 16.5. The lowest BCUT2D eigenvalue weighted by atomic mass is 10.0. The van der Waals surface area contributed by atoms with Gasteiger partial charge in [-0.2, -0.15) is 0 Å². The van der Waals surface area contributed by atoms with E-state index in [1.165, 1.54) is 11.1 Å². The van der Waals surface area contributed by atoms with E-state index in [4.69, 9.17) is 12.2 Å². The summed E-state index contributed by atoms with van der Waals surface area (Å²) >= 11 is 5.57. The number of carbonyl (C=O) groups excluding carboxylic acids is 1. The Bertz CT molecular complexity index is 923. The van der Waals surface area contributed by atoms with Crippen LogP contribution in [0.15, 0.2) is 84.9 Å². The number of amides is 1. The molecule has 0 spiro atoms. The Kier molecular flexibility index (Phi) is 4.50. The molecule has 0 unspecified atom stereocenters. The lowest BCUT2D eigenvalue weighted by Crippen LogP contribution is -2.32. The molecule has 3 aromatic carbocycles. The highest BCUT2D eigenvalue weighted by Crippen LogP contribution is 2.26. The minimum atomic E-state index is -0.00494. The molecule has 3 aromatic rings. The summed E-state index contributed by atoms with van der Waals surface area (Å²) in [6.45, 7) is 0.272. The summed E-state index contributed by atoms with van der Waals surface area (Å²) in [5.74, 6) is -0.00494. The van der Waals surface area contributed by atoms with Crippen molar-refractivity contribution in [2.45, 2.75) is 6.42 Å². The highest BCUT2D eigenvalue weighted by molar-refractivity contribution is 7.81. The van der Waals surface area contributed by atoms with Gasteiger partial charge in [0.2, 0.25) is 0 Å². The zero-order valence-electron chi connectivity index (χ0n) is 14.2. The van der Waals surface area contributed by atoms with E-state index in [2.05, 4.69) is 24.3 Å². The first-order chi connectivity index (χ1) is 12.7. The van der Waals surface area contributed by atoms with Gasteiger partial charge in [-0.05, 0) is 54.0 Å². The van der Waals surface area contributed by atoms with Gasteiger partial charge in [0.05, 0.1) is 5.69 Å². The van der Waals surface area contributed by atoms with Crippen LogP contribution in [0, 0.1) is 0 Å². The van der Waals surface area contributed by atoms with Gasteiger partial charge in [0, 0.05) is 5.69 Å². The van der Waals surface area contributed by atoms with Gasteiger partial charge in [0.15, 0.2) is 5.11 Å². The van der Waals surface area contributed by atoms with Crippen molar-refractivity contribution >= 4 is 34.6 Å². The van der Waals surface area contributed by atoms with Crippen molar-refractivity contribution < 1.29 is 4.79 Å². The van der Waals surface area contributed by atoms with Crippen LogP contribution in [0.5, 0.6) is 0 Å². The van der Waals surface area contributed by atoms with Crippen molar-refractivity contribution in [2.75, 3.05) is 16.3 Å². The van der Waals surface area contributed by atoms with Gasteiger partial charge in [-0.15, -0.1) is 0 Å². The van der Waals surface area contributed by atoms with Crippen molar-refractivity contribution in [3.63, 3.8) is 0 Å². The van der Waals surface area contributed by atoms with Crippen LogP contribution in [0.4, 0.5) is 11.4 Å².